The number of hydrogen-bond acceptors (Lipinski definition) is 3. The van der Waals surface area contributed by atoms with E-state index in [1.165, 1.54) is 25.1 Å². The van der Waals surface area contributed by atoms with E-state index in [0.717, 1.165) is 24.2 Å². The molecule has 0 saturated heterocycles. The first-order chi connectivity index (χ1) is 9.78. The van der Waals surface area contributed by atoms with Gasteiger partial charge >= 0.3 is 0 Å². The molecule has 1 fully saturated rings. The molecule has 2 aromatic rings. The highest BCUT2D eigenvalue weighted by Gasteiger charge is 2.26. The fourth-order valence-electron chi connectivity index (χ4n) is 2.26. The van der Waals surface area contributed by atoms with Crippen molar-refractivity contribution in [3.05, 3.63) is 41.6 Å². The van der Waals surface area contributed by atoms with Gasteiger partial charge in [0.1, 0.15) is 5.82 Å². The lowest BCUT2D eigenvalue weighted by atomic mass is 10.2. The van der Waals surface area contributed by atoms with Gasteiger partial charge in [-0.1, -0.05) is 6.92 Å². The average Bonchev–Trinajstić information content (AvgIpc) is 3.18. The fourth-order valence-corrected chi connectivity index (χ4v) is 2.26. The molecule has 0 aromatic carbocycles. The van der Waals surface area contributed by atoms with Gasteiger partial charge in [0.05, 0.1) is 11.9 Å². The standard InChI is InChI=1S/C15H19FN4/c1-2-6-17-9-12-8-13(16)10-18-15(12)20-7-5-14(19-20)11-3-4-11/h5,7-8,10-11,17H,2-4,6,9H2,1H3. The second-order valence-corrected chi connectivity index (χ2v) is 5.27. The van der Waals surface area contributed by atoms with Gasteiger partial charge in [-0.15, -0.1) is 0 Å². The summed E-state index contributed by atoms with van der Waals surface area (Å²) in [7, 11) is 0. The van der Waals surface area contributed by atoms with E-state index >= 15 is 0 Å². The Kier molecular flexibility index (Phi) is 3.78. The topological polar surface area (TPSA) is 42.7 Å². The number of nitrogens with one attached hydrogen (secondary N) is 1. The van der Waals surface area contributed by atoms with E-state index < -0.39 is 0 Å². The molecule has 1 N–H and O–H groups in total. The Morgan fingerprint density at radius 3 is 3.05 bits per heavy atom. The molecule has 0 unspecified atom stereocenters. The zero-order valence-electron chi connectivity index (χ0n) is 11.6. The number of pyridine rings is 1. The SMILES string of the molecule is CCCNCc1cc(F)cnc1-n1ccc(C2CC2)n1. The molecule has 0 radical (unpaired) electrons. The van der Waals surface area contributed by atoms with Gasteiger partial charge in [0.15, 0.2) is 5.82 Å². The van der Waals surface area contributed by atoms with E-state index in [1.807, 2.05) is 12.3 Å². The zero-order chi connectivity index (χ0) is 13.9. The van der Waals surface area contributed by atoms with Crippen molar-refractivity contribution >= 4 is 0 Å². The van der Waals surface area contributed by atoms with E-state index in [2.05, 4.69) is 22.3 Å². The van der Waals surface area contributed by atoms with Crippen LogP contribution in [0.25, 0.3) is 5.82 Å². The summed E-state index contributed by atoms with van der Waals surface area (Å²) in [4.78, 5) is 4.21. The van der Waals surface area contributed by atoms with Gasteiger partial charge in [-0.05, 0) is 37.9 Å². The van der Waals surface area contributed by atoms with Gasteiger partial charge in [0.25, 0.3) is 0 Å². The van der Waals surface area contributed by atoms with Crippen molar-refractivity contribution in [2.24, 2.45) is 0 Å². The highest BCUT2D eigenvalue weighted by molar-refractivity contribution is 5.34. The van der Waals surface area contributed by atoms with Gasteiger partial charge in [-0.2, -0.15) is 5.10 Å². The largest absolute Gasteiger partial charge is 0.313 e. The van der Waals surface area contributed by atoms with Crippen molar-refractivity contribution in [2.45, 2.75) is 38.6 Å². The second-order valence-electron chi connectivity index (χ2n) is 5.27. The minimum atomic E-state index is -0.309. The summed E-state index contributed by atoms with van der Waals surface area (Å²) in [5, 5.41) is 7.85. The van der Waals surface area contributed by atoms with Crippen LogP contribution in [0.4, 0.5) is 4.39 Å². The minimum absolute atomic E-state index is 0.309. The van der Waals surface area contributed by atoms with E-state index in [0.29, 0.717) is 18.3 Å². The normalized spacial score (nSPS) is 14.7. The van der Waals surface area contributed by atoms with Crippen LogP contribution in [0.2, 0.25) is 0 Å². The first-order valence-corrected chi connectivity index (χ1v) is 7.19. The van der Waals surface area contributed by atoms with Crippen LogP contribution in [0, 0.1) is 5.82 Å². The van der Waals surface area contributed by atoms with E-state index in [1.54, 1.807) is 4.68 Å². The number of rotatable bonds is 6. The van der Waals surface area contributed by atoms with Gasteiger partial charge in [-0.25, -0.2) is 14.1 Å². The molecule has 2 heterocycles. The molecule has 1 aliphatic carbocycles. The molecule has 0 aliphatic heterocycles. The molecular formula is C15H19FN4. The van der Waals surface area contributed by atoms with Crippen LogP contribution in [-0.2, 0) is 6.54 Å². The third-order valence-corrected chi connectivity index (χ3v) is 3.47. The van der Waals surface area contributed by atoms with E-state index in [-0.39, 0.29) is 5.82 Å². The van der Waals surface area contributed by atoms with Crippen LogP contribution in [0.3, 0.4) is 0 Å². The summed E-state index contributed by atoms with van der Waals surface area (Å²) in [6.07, 6.45) is 6.65. The lowest BCUT2D eigenvalue weighted by Crippen LogP contribution is -2.16. The van der Waals surface area contributed by atoms with Crippen molar-refractivity contribution < 1.29 is 4.39 Å². The van der Waals surface area contributed by atoms with Crippen molar-refractivity contribution in [3.63, 3.8) is 0 Å². The van der Waals surface area contributed by atoms with Crippen LogP contribution >= 0.6 is 0 Å². The first kappa shape index (κ1) is 13.2. The molecule has 1 saturated carbocycles. The fraction of sp³-hybridized carbons (Fsp3) is 0.467. The number of halogens is 1. The van der Waals surface area contributed by atoms with Crippen molar-refractivity contribution in [2.75, 3.05) is 6.54 Å². The maximum Gasteiger partial charge on any atom is 0.157 e. The molecule has 4 nitrogen and oxygen atoms in total. The lowest BCUT2D eigenvalue weighted by Gasteiger charge is -2.09. The Labute approximate surface area is 118 Å². The zero-order valence-corrected chi connectivity index (χ0v) is 11.6. The predicted octanol–water partition coefficient (Wildman–Crippen LogP) is 2.78. The predicted molar refractivity (Wildman–Crippen MR) is 75.3 cm³/mol. The van der Waals surface area contributed by atoms with Gasteiger partial charge in [-0.3, -0.25) is 0 Å². The Morgan fingerprint density at radius 2 is 2.30 bits per heavy atom. The molecule has 0 amide bonds. The van der Waals surface area contributed by atoms with E-state index in [4.69, 9.17) is 0 Å². The third kappa shape index (κ3) is 2.88. The quantitative estimate of drug-likeness (QED) is 0.824. The molecule has 0 bridgehead atoms. The highest BCUT2D eigenvalue weighted by Crippen LogP contribution is 2.39. The molecule has 2 aromatic heterocycles. The summed E-state index contributed by atoms with van der Waals surface area (Å²) in [5.41, 5.74) is 1.95. The van der Waals surface area contributed by atoms with E-state index in [9.17, 15) is 4.39 Å². The molecule has 0 atom stereocenters. The molecule has 3 rings (SSSR count). The number of hydrogen-bond donors (Lipinski definition) is 1. The number of nitrogens with zero attached hydrogens (tertiary/aromatic N) is 3. The number of aromatic nitrogens is 3. The van der Waals surface area contributed by atoms with Crippen LogP contribution in [0.15, 0.2) is 24.5 Å². The summed E-state index contributed by atoms with van der Waals surface area (Å²) >= 11 is 0. The minimum Gasteiger partial charge on any atom is -0.313 e. The van der Waals surface area contributed by atoms with Gasteiger partial charge < -0.3 is 5.32 Å². The summed E-state index contributed by atoms with van der Waals surface area (Å²) in [5.74, 6) is 1.01. The molecule has 0 spiro atoms. The average molecular weight is 274 g/mol. The summed E-state index contributed by atoms with van der Waals surface area (Å²) in [6.45, 7) is 3.61. The maximum atomic E-state index is 13.4. The Hall–Kier alpha value is -1.75. The molecule has 1 aliphatic rings. The Bertz CT molecular complexity index is 589. The Morgan fingerprint density at radius 1 is 1.45 bits per heavy atom. The smallest absolute Gasteiger partial charge is 0.157 e. The maximum absolute atomic E-state index is 13.4. The molecule has 20 heavy (non-hydrogen) atoms. The molecular weight excluding hydrogens is 255 g/mol. The van der Waals surface area contributed by atoms with Crippen molar-refractivity contribution in [1.29, 1.82) is 0 Å². The van der Waals surface area contributed by atoms with Crippen LogP contribution in [0.1, 0.15) is 43.4 Å². The van der Waals surface area contributed by atoms with Crippen LogP contribution in [-0.4, -0.2) is 21.3 Å². The molecule has 106 valence electrons. The Balaban J connectivity index is 1.85. The monoisotopic (exact) mass is 274 g/mol. The summed E-state index contributed by atoms with van der Waals surface area (Å²) in [6, 6.07) is 3.56. The highest BCUT2D eigenvalue weighted by atomic mass is 19.1. The van der Waals surface area contributed by atoms with Gasteiger partial charge in [0.2, 0.25) is 0 Å². The van der Waals surface area contributed by atoms with Crippen LogP contribution in [0.5, 0.6) is 0 Å². The second kappa shape index (κ2) is 5.71. The first-order valence-electron chi connectivity index (χ1n) is 7.19. The third-order valence-electron chi connectivity index (χ3n) is 3.47. The lowest BCUT2D eigenvalue weighted by molar-refractivity contribution is 0.606. The molecule has 5 heteroatoms. The van der Waals surface area contributed by atoms with Crippen molar-refractivity contribution in [1.82, 2.24) is 20.1 Å². The van der Waals surface area contributed by atoms with Crippen LogP contribution < -0.4 is 5.32 Å². The van der Waals surface area contributed by atoms with Crippen molar-refractivity contribution in [3.8, 4) is 5.82 Å². The summed E-state index contributed by atoms with van der Waals surface area (Å²) < 4.78 is 15.2. The van der Waals surface area contributed by atoms with Gasteiger partial charge in [0, 0.05) is 24.2 Å².